The summed E-state index contributed by atoms with van der Waals surface area (Å²) in [7, 11) is 0. The number of benzene rings is 2. The molecule has 0 N–H and O–H groups in total. The molecule has 0 aliphatic heterocycles. The van der Waals surface area contributed by atoms with Gasteiger partial charge in [-0.15, -0.1) is 11.6 Å². The van der Waals surface area contributed by atoms with Crippen LogP contribution in [0.1, 0.15) is 11.1 Å². The number of hydrogen-bond donors (Lipinski definition) is 0. The van der Waals surface area contributed by atoms with E-state index in [1.54, 1.807) is 18.2 Å². The van der Waals surface area contributed by atoms with Gasteiger partial charge >= 0.3 is 0 Å². The summed E-state index contributed by atoms with van der Waals surface area (Å²) >= 11 is 12.6. The fourth-order valence-electron chi connectivity index (χ4n) is 1.59. The Kier molecular flexibility index (Phi) is 5.25. The zero-order chi connectivity index (χ0) is 13.8. The molecule has 19 heavy (non-hydrogen) atoms. The monoisotopic (exact) mass is 406 g/mol. The Morgan fingerprint density at radius 2 is 1.74 bits per heavy atom. The van der Waals surface area contributed by atoms with Gasteiger partial charge in [-0.25, -0.2) is 4.39 Å². The minimum Gasteiger partial charge on any atom is -0.486 e. The van der Waals surface area contributed by atoms with E-state index in [9.17, 15) is 4.39 Å². The molecule has 5 heteroatoms. The second-order valence-electron chi connectivity index (χ2n) is 3.90. The lowest BCUT2D eigenvalue weighted by atomic mass is 10.2. The molecule has 0 bridgehead atoms. The van der Waals surface area contributed by atoms with E-state index in [-0.39, 0.29) is 12.4 Å². The van der Waals surface area contributed by atoms with Crippen LogP contribution in [0, 0.1) is 5.82 Å². The van der Waals surface area contributed by atoms with Crippen molar-refractivity contribution in [3.05, 3.63) is 62.3 Å². The van der Waals surface area contributed by atoms with Crippen LogP contribution in [-0.4, -0.2) is 0 Å². The highest BCUT2D eigenvalue weighted by atomic mass is 79.9. The first-order valence-electron chi connectivity index (χ1n) is 5.52. The molecule has 0 aromatic heterocycles. The average molecular weight is 408 g/mol. The average Bonchev–Trinajstić information content (AvgIpc) is 2.39. The molecule has 100 valence electrons. The molecule has 0 heterocycles. The molecule has 0 atom stereocenters. The van der Waals surface area contributed by atoms with Crippen LogP contribution in [0.15, 0.2) is 45.3 Å². The van der Waals surface area contributed by atoms with Crippen molar-refractivity contribution in [3.8, 4) is 5.75 Å². The van der Waals surface area contributed by atoms with E-state index in [4.69, 9.17) is 16.3 Å². The highest BCUT2D eigenvalue weighted by Gasteiger charge is 2.10. The lowest BCUT2D eigenvalue weighted by Crippen LogP contribution is -1.99. The summed E-state index contributed by atoms with van der Waals surface area (Å²) in [6, 6.07) is 10.3. The van der Waals surface area contributed by atoms with Gasteiger partial charge in [0.1, 0.15) is 18.2 Å². The van der Waals surface area contributed by atoms with Gasteiger partial charge in [0.15, 0.2) is 0 Å². The Morgan fingerprint density at radius 3 is 2.32 bits per heavy atom. The first kappa shape index (κ1) is 14.8. The maximum absolute atomic E-state index is 13.5. The van der Waals surface area contributed by atoms with Crippen molar-refractivity contribution in [3.63, 3.8) is 0 Å². The van der Waals surface area contributed by atoms with Crippen LogP contribution in [0.3, 0.4) is 0 Å². The van der Waals surface area contributed by atoms with Crippen LogP contribution in [0.2, 0.25) is 0 Å². The molecule has 2 aromatic rings. The van der Waals surface area contributed by atoms with Gasteiger partial charge in [0.25, 0.3) is 0 Å². The van der Waals surface area contributed by atoms with Gasteiger partial charge in [-0.05, 0) is 55.6 Å². The van der Waals surface area contributed by atoms with E-state index < -0.39 is 0 Å². The summed E-state index contributed by atoms with van der Waals surface area (Å²) in [6.07, 6.45) is 0. The minimum absolute atomic E-state index is 0.171. The van der Waals surface area contributed by atoms with E-state index in [2.05, 4.69) is 31.9 Å². The van der Waals surface area contributed by atoms with E-state index in [1.165, 1.54) is 6.07 Å². The van der Waals surface area contributed by atoms with Gasteiger partial charge < -0.3 is 4.74 Å². The van der Waals surface area contributed by atoms with Crippen molar-refractivity contribution in [2.45, 2.75) is 12.5 Å². The van der Waals surface area contributed by atoms with Crippen LogP contribution in [0.25, 0.3) is 0 Å². The topological polar surface area (TPSA) is 9.23 Å². The summed E-state index contributed by atoms with van der Waals surface area (Å²) < 4.78 is 20.7. The molecule has 1 nitrogen and oxygen atoms in total. The Labute approximate surface area is 133 Å². The third kappa shape index (κ3) is 3.71. The zero-order valence-electron chi connectivity index (χ0n) is 9.80. The molecule has 0 spiro atoms. The predicted molar refractivity (Wildman–Crippen MR) is 82.1 cm³/mol. The molecule has 0 aliphatic carbocycles. The summed E-state index contributed by atoms with van der Waals surface area (Å²) in [5.74, 6) is 0.786. The van der Waals surface area contributed by atoms with E-state index in [0.29, 0.717) is 17.2 Å². The highest BCUT2D eigenvalue weighted by Crippen LogP contribution is 2.35. The van der Waals surface area contributed by atoms with Gasteiger partial charge in [-0.3, -0.25) is 0 Å². The van der Waals surface area contributed by atoms with Crippen molar-refractivity contribution in [1.82, 2.24) is 0 Å². The lowest BCUT2D eigenvalue weighted by molar-refractivity contribution is 0.296. The Morgan fingerprint density at radius 1 is 1.11 bits per heavy atom. The lowest BCUT2D eigenvalue weighted by Gasteiger charge is -2.12. The maximum atomic E-state index is 13.5. The predicted octanol–water partition coefficient (Wildman–Crippen LogP) is 5.67. The Balaban J connectivity index is 2.18. The highest BCUT2D eigenvalue weighted by molar-refractivity contribution is 9.11. The summed E-state index contributed by atoms with van der Waals surface area (Å²) in [6.45, 7) is 0.171. The molecule has 0 radical (unpaired) electrons. The summed E-state index contributed by atoms with van der Waals surface area (Å²) in [5.41, 5.74) is 1.49. The number of hydrogen-bond acceptors (Lipinski definition) is 1. The number of halogens is 4. The normalized spacial score (nSPS) is 10.5. The second-order valence-corrected chi connectivity index (χ2v) is 5.88. The molecule has 0 saturated carbocycles. The fraction of sp³-hybridized carbons (Fsp3) is 0.143. The van der Waals surface area contributed by atoms with Crippen LogP contribution in [0.5, 0.6) is 5.75 Å². The molecular weight excluding hydrogens is 398 g/mol. The smallest absolute Gasteiger partial charge is 0.148 e. The van der Waals surface area contributed by atoms with Crippen LogP contribution < -0.4 is 4.74 Å². The second kappa shape index (κ2) is 6.73. The van der Waals surface area contributed by atoms with Gasteiger partial charge in [-0.1, -0.05) is 18.2 Å². The first-order valence-corrected chi connectivity index (χ1v) is 7.64. The standard InChI is InChI=1S/C14H10Br2ClFO/c15-11-5-9(7-17)6-12(16)14(11)19-8-10-3-1-2-4-13(10)18/h1-6H,7-8H2. The van der Waals surface area contributed by atoms with Gasteiger partial charge in [0.2, 0.25) is 0 Å². The van der Waals surface area contributed by atoms with E-state index >= 15 is 0 Å². The molecule has 0 unspecified atom stereocenters. The Hall–Kier alpha value is -0.580. The number of rotatable bonds is 4. The quantitative estimate of drug-likeness (QED) is 0.593. The van der Waals surface area contributed by atoms with Gasteiger partial charge in [-0.2, -0.15) is 0 Å². The van der Waals surface area contributed by atoms with Crippen LogP contribution in [-0.2, 0) is 12.5 Å². The zero-order valence-corrected chi connectivity index (χ0v) is 13.7. The molecule has 2 aromatic carbocycles. The van der Waals surface area contributed by atoms with Crippen molar-refractivity contribution < 1.29 is 9.13 Å². The summed E-state index contributed by atoms with van der Waals surface area (Å²) in [5, 5.41) is 0. The first-order chi connectivity index (χ1) is 9.11. The van der Waals surface area contributed by atoms with Gasteiger partial charge in [0, 0.05) is 11.4 Å². The van der Waals surface area contributed by atoms with Crippen molar-refractivity contribution in [1.29, 1.82) is 0 Å². The maximum Gasteiger partial charge on any atom is 0.148 e. The van der Waals surface area contributed by atoms with Crippen molar-refractivity contribution in [2.75, 3.05) is 0 Å². The molecule has 2 rings (SSSR count). The number of ether oxygens (including phenoxy) is 1. The van der Waals surface area contributed by atoms with Crippen LogP contribution in [0.4, 0.5) is 4.39 Å². The molecule has 0 aliphatic rings. The third-order valence-electron chi connectivity index (χ3n) is 2.54. The Bertz CT molecular complexity index is 566. The van der Waals surface area contributed by atoms with Crippen LogP contribution >= 0.6 is 43.5 Å². The largest absolute Gasteiger partial charge is 0.486 e. The van der Waals surface area contributed by atoms with E-state index in [0.717, 1.165) is 14.5 Å². The third-order valence-corrected chi connectivity index (χ3v) is 4.03. The molecule has 0 fully saturated rings. The fourth-order valence-corrected chi connectivity index (χ4v) is 3.26. The minimum atomic E-state index is -0.271. The SMILES string of the molecule is Fc1ccccc1COc1c(Br)cc(CCl)cc1Br. The molecular formula is C14H10Br2ClFO. The van der Waals surface area contributed by atoms with Crippen molar-refractivity contribution >= 4 is 43.5 Å². The van der Waals surface area contributed by atoms with Crippen molar-refractivity contribution in [2.24, 2.45) is 0 Å². The molecule has 0 amide bonds. The van der Waals surface area contributed by atoms with E-state index in [1.807, 2.05) is 12.1 Å². The number of alkyl halides is 1. The summed E-state index contributed by atoms with van der Waals surface area (Å²) in [4.78, 5) is 0. The molecule has 0 saturated heterocycles. The van der Waals surface area contributed by atoms with Gasteiger partial charge in [0.05, 0.1) is 8.95 Å².